The van der Waals surface area contributed by atoms with Crippen molar-refractivity contribution in [3.05, 3.63) is 24.3 Å². The maximum Gasteiger partial charge on any atom is 0.303 e. The van der Waals surface area contributed by atoms with Gasteiger partial charge in [0.15, 0.2) is 0 Å². The highest BCUT2D eigenvalue weighted by Crippen LogP contribution is 2.15. The van der Waals surface area contributed by atoms with Crippen LogP contribution in [-0.4, -0.2) is 11.1 Å². The highest BCUT2D eigenvalue weighted by Gasteiger charge is 1.97. The van der Waals surface area contributed by atoms with Gasteiger partial charge in [0.1, 0.15) is 0 Å². The van der Waals surface area contributed by atoms with Crippen LogP contribution in [0.2, 0.25) is 0 Å². The molecule has 2 heteroatoms. The van der Waals surface area contributed by atoms with E-state index >= 15 is 0 Å². The second kappa shape index (κ2) is 27.0. The summed E-state index contributed by atoms with van der Waals surface area (Å²) in [5.41, 5.74) is 0. The highest BCUT2D eigenvalue weighted by molar-refractivity contribution is 5.66. The van der Waals surface area contributed by atoms with Crippen LogP contribution in [-0.2, 0) is 4.79 Å². The third-order valence-corrected chi connectivity index (χ3v) is 6.19. The summed E-state index contributed by atoms with van der Waals surface area (Å²) in [5, 5.41) is 8.60. The first-order valence-electron chi connectivity index (χ1n) is 13.8. The average molecular weight is 435 g/mol. The number of unbranched alkanes of at least 4 members (excludes halogenated alkanes) is 20. The molecule has 0 unspecified atom stereocenters. The third-order valence-electron chi connectivity index (χ3n) is 6.19. The molecule has 0 saturated heterocycles. The molecule has 0 heterocycles. The molecule has 0 aromatic carbocycles. The zero-order valence-electron chi connectivity index (χ0n) is 20.9. The Morgan fingerprint density at radius 3 is 1.23 bits per heavy atom. The fourth-order valence-electron chi connectivity index (χ4n) is 4.15. The van der Waals surface area contributed by atoms with Crippen LogP contribution in [0.4, 0.5) is 0 Å². The fourth-order valence-corrected chi connectivity index (χ4v) is 4.15. The van der Waals surface area contributed by atoms with Gasteiger partial charge in [-0.25, -0.2) is 0 Å². The second-order valence-corrected chi connectivity index (χ2v) is 9.28. The smallest absolute Gasteiger partial charge is 0.303 e. The van der Waals surface area contributed by atoms with Gasteiger partial charge in [-0.3, -0.25) is 4.79 Å². The number of hydrogen-bond acceptors (Lipinski definition) is 1. The van der Waals surface area contributed by atoms with Crippen molar-refractivity contribution in [2.24, 2.45) is 0 Å². The Balaban J connectivity index is 3.05. The molecular formula is C29H54O2. The van der Waals surface area contributed by atoms with E-state index in [1.54, 1.807) is 0 Å². The molecular weight excluding hydrogens is 380 g/mol. The second-order valence-electron chi connectivity index (χ2n) is 9.28. The van der Waals surface area contributed by atoms with Gasteiger partial charge in [-0.05, 0) is 32.6 Å². The molecule has 0 fully saturated rings. The number of carboxylic acids is 1. The largest absolute Gasteiger partial charge is 0.481 e. The zero-order chi connectivity index (χ0) is 22.7. The number of carboxylic acid groups (broad SMARTS) is 1. The lowest BCUT2D eigenvalue weighted by atomic mass is 10.0. The van der Waals surface area contributed by atoms with Crippen molar-refractivity contribution in [1.82, 2.24) is 0 Å². The maximum absolute atomic E-state index is 10.4. The fraction of sp³-hybridized carbons (Fsp3) is 0.828. The molecule has 31 heavy (non-hydrogen) atoms. The number of allylic oxidation sites excluding steroid dienone is 4. The number of hydrogen-bond donors (Lipinski definition) is 1. The highest BCUT2D eigenvalue weighted by atomic mass is 16.4. The van der Waals surface area contributed by atoms with Crippen molar-refractivity contribution in [2.75, 3.05) is 0 Å². The predicted octanol–water partition coefficient (Wildman–Crippen LogP) is 10.2. The summed E-state index contributed by atoms with van der Waals surface area (Å²) < 4.78 is 0. The first-order chi connectivity index (χ1) is 15.3. The molecule has 182 valence electrons. The van der Waals surface area contributed by atoms with Crippen molar-refractivity contribution in [2.45, 2.75) is 155 Å². The summed E-state index contributed by atoms with van der Waals surface area (Å²) in [6.45, 7) is 2.08. The monoisotopic (exact) mass is 434 g/mol. The van der Waals surface area contributed by atoms with Gasteiger partial charge < -0.3 is 5.11 Å². The quantitative estimate of drug-likeness (QED) is 0.115. The molecule has 0 bridgehead atoms. The van der Waals surface area contributed by atoms with E-state index in [0.717, 1.165) is 19.3 Å². The lowest BCUT2D eigenvalue weighted by Crippen LogP contribution is -1.93. The van der Waals surface area contributed by atoms with Crippen LogP contribution in [0.3, 0.4) is 0 Å². The molecule has 0 atom stereocenters. The minimum atomic E-state index is -0.652. The van der Waals surface area contributed by atoms with Gasteiger partial charge in [-0.1, -0.05) is 140 Å². The van der Waals surface area contributed by atoms with Crippen molar-refractivity contribution in [3.8, 4) is 0 Å². The molecule has 2 nitrogen and oxygen atoms in total. The van der Waals surface area contributed by atoms with Gasteiger partial charge >= 0.3 is 5.97 Å². The molecule has 0 rings (SSSR count). The van der Waals surface area contributed by atoms with Gasteiger partial charge in [0.05, 0.1) is 0 Å². The summed E-state index contributed by atoms with van der Waals surface area (Å²) in [4.78, 5) is 10.4. The van der Waals surface area contributed by atoms with E-state index in [0.29, 0.717) is 6.42 Å². The topological polar surface area (TPSA) is 37.3 Å². The minimum absolute atomic E-state index is 0.343. The number of rotatable bonds is 25. The molecule has 0 spiro atoms. The summed E-state index contributed by atoms with van der Waals surface area (Å²) in [6.07, 6.45) is 38.7. The van der Waals surface area contributed by atoms with Crippen LogP contribution < -0.4 is 0 Å². The van der Waals surface area contributed by atoms with E-state index in [1.165, 1.54) is 122 Å². The Morgan fingerprint density at radius 1 is 0.516 bits per heavy atom. The molecule has 0 amide bonds. The maximum atomic E-state index is 10.4. The van der Waals surface area contributed by atoms with E-state index in [1.807, 2.05) is 0 Å². The van der Waals surface area contributed by atoms with Crippen LogP contribution in [0.15, 0.2) is 24.3 Å². The third kappa shape index (κ3) is 28.9. The average Bonchev–Trinajstić information content (AvgIpc) is 2.76. The Kier molecular flexibility index (Phi) is 26.1. The first kappa shape index (κ1) is 29.9. The van der Waals surface area contributed by atoms with Crippen LogP contribution in [0.5, 0.6) is 0 Å². The van der Waals surface area contributed by atoms with E-state index < -0.39 is 5.97 Å². The Morgan fingerprint density at radius 2 is 0.871 bits per heavy atom. The minimum Gasteiger partial charge on any atom is -0.481 e. The standard InChI is InChI=1S/C29H54O2/c1-2-3-4-5-6-7-8-9-10-11-12-13-14-15-16-17-18-19-20-21-22-23-24-25-26-27-28-29(30)31/h2-3,5-6H,4,7-28H2,1H3,(H,30,31). The normalized spacial score (nSPS) is 11.8. The lowest BCUT2D eigenvalue weighted by Gasteiger charge is -2.04. The summed E-state index contributed by atoms with van der Waals surface area (Å²) >= 11 is 0. The van der Waals surface area contributed by atoms with Gasteiger partial charge in [0.25, 0.3) is 0 Å². The van der Waals surface area contributed by atoms with E-state index in [4.69, 9.17) is 5.11 Å². The van der Waals surface area contributed by atoms with Crippen LogP contribution in [0.1, 0.15) is 155 Å². The molecule has 0 aliphatic carbocycles. The lowest BCUT2D eigenvalue weighted by molar-refractivity contribution is -0.137. The van der Waals surface area contributed by atoms with Crippen LogP contribution in [0, 0.1) is 0 Å². The van der Waals surface area contributed by atoms with Gasteiger partial charge in [-0.15, -0.1) is 0 Å². The number of carbonyl (C=O) groups is 1. The first-order valence-corrected chi connectivity index (χ1v) is 13.8. The van der Waals surface area contributed by atoms with E-state index in [9.17, 15) is 4.79 Å². The van der Waals surface area contributed by atoms with Crippen LogP contribution >= 0.6 is 0 Å². The Hall–Kier alpha value is -1.05. The Bertz CT molecular complexity index is 411. The van der Waals surface area contributed by atoms with Gasteiger partial charge in [0, 0.05) is 6.42 Å². The van der Waals surface area contributed by atoms with Crippen LogP contribution in [0.25, 0.3) is 0 Å². The zero-order valence-corrected chi connectivity index (χ0v) is 20.9. The summed E-state index contributed by atoms with van der Waals surface area (Å²) in [5.74, 6) is -0.652. The molecule has 0 aromatic rings. The van der Waals surface area contributed by atoms with E-state index in [-0.39, 0.29) is 0 Å². The number of aliphatic carboxylic acids is 1. The van der Waals surface area contributed by atoms with Crippen molar-refractivity contribution in [3.63, 3.8) is 0 Å². The molecule has 0 aliphatic heterocycles. The van der Waals surface area contributed by atoms with Gasteiger partial charge in [0.2, 0.25) is 0 Å². The molecule has 0 aromatic heterocycles. The molecule has 0 aliphatic rings. The van der Waals surface area contributed by atoms with Gasteiger partial charge in [-0.2, -0.15) is 0 Å². The SMILES string of the molecule is CC=CCC=CCCCCCCCCCCCCCCCCCCCCCCC(=O)O. The van der Waals surface area contributed by atoms with Crippen molar-refractivity contribution >= 4 is 5.97 Å². The summed E-state index contributed by atoms with van der Waals surface area (Å²) in [7, 11) is 0. The van der Waals surface area contributed by atoms with Crippen molar-refractivity contribution in [1.29, 1.82) is 0 Å². The van der Waals surface area contributed by atoms with Crippen molar-refractivity contribution < 1.29 is 9.90 Å². The Labute approximate surface area is 195 Å². The molecule has 1 N–H and O–H groups in total. The van der Waals surface area contributed by atoms with E-state index in [2.05, 4.69) is 31.2 Å². The molecule has 0 radical (unpaired) electrons. The molecule has 0 saturated carbocycles. The predicted molar refractivity (Wildman–Crippen MR) is 138 cm³/mol. The summed E-state index contributed by atoms with van der Waals surface area (Å²) in [6, 6.07) is 0.